The second-order valence-electron chi connectivity index (χ2n) is 5.88. The monoisotopic (exact) mass is 362 g/mol. The lowest BCUT2D eigenvalue weighted by atomic mass is 10.1. The molecule has 0 amide bonds. The van der Waals surface area contributed by atoms with Gasteiger partial charge in [0.2, 0.25) is 5.12 Å². The van der Waals surface area contributed by atoms with E-state index < -0.39 is 0 Å². The summed E-state index contributed by atoms with van der Waals surface area (Å²) in [6.45, 7) is 3.65. The number of hydrogen-bond donors (Lipinski definition) is 1. The molecule has 0 aliphatic heterocycles. The third kappa shape index (κ3) is 4.37. The van der Waals surface area contributed by atoms with Gasteiger partial charge < -0.3 is 5.11 Å². The number of rotatable bonds is 4. The molecule has 0 atom stereocenters. The van der Waals surface area contributed by atoms with E-state index in [1.807, 2.05) is 44.2 Å². The zero-order valence-electron chi connectivity index (χ0n) is 14.5. The number of nitrogens with zero attached hydrogens (tertiary/aromatic N) is 2. The molecule has 0 unspecified atom stereocenters. The highest BCUT2D eigenvalue weighted by Crippen LogP contribution is 2.29. The van der Waals surface area contributed by atoms with Gasteiger partial charge in [0.15, 0.2) is 0 Å². The minimum atomic E-state index is -0.00975. The highest BCUT2D eigenvalue weighted by Gasteiger charge is 2.08. The summed E-state index contributed by atoms with van der Waals surface area (Å²) in [7, 11) is 0. The summed E-state index contributed by atoms with van der Waals surface area (Å²) in [4.78, 5) is 13.2. The lowest BCUT2D eigenvalue weighted by Crippen LogP contribution is -1.91. The van der Waals surface area contributed by atoms with E-state index in [2.05, 4.69) is 10.2 Å². The molecule has 0 aromatic heterocycles. The number of phenols is 1. The van der Waals surface area contributed by atoms with Crippen LogP contribution in [0.3, 0.4) is 0 Å². The fourth-order valence-corrected chi connectivity index (χ4v) is 3.19. The van der Waals surface area contributed by atoms with Crippen molar-refractivity contribution in [3.8, 4) is 5.75 Å². The summed E-state index contributed by atoms with van der Waals surface area (Å²) in [6.07, 6.45) is 0. The van der Waals surface area contributed by atoms with E-state index in [9.17, 15) is 9.90 Å². The number of carbonyl (C=O) groups excluding carboxylic acids is 1. The molecule has 3 aromatic rings. The van der Waals surface area contributed by atoms with E-state index >= 15 is 0 Å². The Bertz CT molecular complexity index is 929. The molecule has 1 N–H and O–H groups in total. The Kier molecular flexibility index (Phi) is 5.49. The molecule has 0 radical (unpaired) electrons. The summed E-state index contributed by atoms with van der Waals surface area (Å²) in [5.74, 6) is 0.280. The van der Waals surface area contributed by atoms with Crippen LogP contribution in [0.15, 0.2) is 81.9 Å². The maximum atomic E-state index is 12.3. The average Bonchev–Trinajstić information content (AvgIpc) is 2.65. The number of thioether (sulfide) groups is 1. The van der Waals surface area contributed by atoms with Gasteiger partial charge in [-0.1, -0.05) is 18.2 Å². The van der Waals surface area contributed by atoms with Crippen LogP contribution in [-0.2, 0) is 0 Å². The van der Waals surface area contributed by atoms with Crippen molar-refractivity contribution in [3.63, 3.8) is 0 Å². The Morgan fingerprint density at radius 3 is 2.04 bits per heavy atom. The molecule has 0 aliphatic carbocycles. The maximum absolute atomic E-state index is 12.3. The van der Waals surface area contributed by atoms with Gasteiger partial charge in [-0.25, -0.2) is 0 Å². The number of phenolic OH excluding ortho intramolecular Hbond substituents is 1. The fraction of sp³-hybridized carbons (Fsp3) is 0.0952. The van der Waals surface area contributed by atoms with Gasteiger partial charge in [0.1, 0.15) is 5.75 Å². The van der Waals surface area contributed by atoms with Crippen molar-refractivity contribution in [1.82, 2.24) is 0 Å². The molecule has 0 heterocycles. The van der Waals surface area contributed by atoms with Crippen LogP contribution >= 0.6 is 11.8 Å². The molecular weight excluding hydrogens is 344 g/mol. The SMILES string of the molecule is Cc1cc(N=Nc2ccc(C(=O)Sc3ccccc3)cc2)cc(C)c1O. The topological polar surface area (TPSA) is 62.0 Å². The number of benzene rings is 3. The smallest absolute Gasteiger partial charge is 0.224 e. The quantitative estimate of drug-likeness (QED) is 0.434. The van der Waals surface area contributed by atoms with Crippen LogP contribution in [0, 0.1) is 13.8 Å². The number of aryl methyl sites for hydroxylation is 2. The first kappa shape index (κ1) is 17.9. The lowest BCUT2D eigenvalue weighted by Gasteiger charge is -2.04. The molecule has 0 fully saturated rings. The van der Waals surface area contributed by atoms with Crippen LogP contribution in [-0.4, -0.2) is 10.2 Å². The van der Waals surface area contributed by atoms with Crippen LogP contribution in [0.4, 0.5) is 11.4 Å². The van der Waals surface area contributed by atoms with Gasteiger partial charge in [0, 0.05) is 10.5 Å². The van der Waals surface area contributed by atoms with E-state index in [-0.39, 0.29) is 10.9 Å². The van der Waals surface area contributed by atoms with Crippen LogP contribution < -0.4 is 0 Å². The Morgan fingerprint density at radius 1 is 0.846 bits per heavy atom. The van der Waals surface area contributed by atoms with Crippen molar-refractivity contribution in [2.45, 2.75) is 18.7 Å². The van der Waals surface area contributed by atoms with Crippen molar-refractivity contribution >= 4 is 28.3 Å². The van der Waals surface area contributed by atoms with Crippen molar-refractivity contribution < 1.29 is 9.90 Å². The first-order valence-corrected chi connectivity index (χ1v) is 8.94. The van der Waals surface area contributed by atoms with Crippen LogP contribution in [0.2, 0.25) is 0 Å². The second-order valence-corrected chi connectivity index (χ2v) is 6.92. The fourth-order valence-electron chi connectivity index (χ4n) is 2.42. The first-order valence-electron chi connectivity index (χ1n) is 8.12. The van der Waals surface area contributed by atoms with Gasteiger partial charge in [-0.05, 0) is 85.3 Å². The molecular formula is C21H18N2O2S. The molecule has 0 saturated heterocycles. The zero-order chi connectivity index (χ0) is 18.5. The minimum absolute atomic E-state index is 0.00975. The van der Waals surface area contributed by atoms with Gasteiger partial charge in [-0.3, -0.25) is 4.79 Å². The first-order chi connectivity index (χ1) is 12.5. The number of azo groups is 1. The molecule has 4 nitrogen and oxygen atoms in total. The average molecular weight is 362 g/mol. The minimum Gasteiger partial charge on any atom is -0.507 e. The Labute approximate surface area is 156 Å². The summed E-state index contributed by atoms with van der Waals surface area (Å²) in [5, 5.41) is 18.2. The Hall–Kier alpha value is -2.92. The van der Waals surface area contributed by atoms with Crippen molar-refractivity contribution in [3.05, 3.63) is 83.4 Å². The van der Waals surface area contributed by atoms with Crippen molar-refractivity contribution in [2.75, 3.05) is 0 Å². The predicted molar refractivity (Wildman–Crippen MR) is 105 cm³/mol. The van der Waals surface area contributed by atoms with Gasteiger partial charge in [-0.2, -0.15) is 10.2 Å². The number of aromatic hydroxyl groups is 1. The molecule has 0 saturated carbocycles. The van der Waals surface area contributed by atoms with Gasteiger partial charge in [0.05, 0.1) is 11.4 Å². The Balaban J connectivity index is 1.70. The maximum Gasteiger partial charge on any atom is 0.224 e. The third-order valence-electron chi connectivity index (χ3n) is 3.81. The van der Waals surface area contributed by atoms with Crippen molar-refractivity contribution in [2.24, 2.45) is 10.2 Å². The summed E-state index contributed by atoms with van der Waals surface area (Å²) >= 11 is 1.20. The molecule has 130 valence electrons. The summed E-state index contributed by atoms with van der Waals surface area (Å²) in [6, 6.07) is 20.1. The number of carbonyl (C=O) groups is 1. The van der Waals surface area contributed by atoms with E-state index in [1.54, 1.807) is 36.4 Å². The van der Waals surface area contributed by atoms with Crippen LogP contribution in [0.5, 0.6) is 5.75 Å². The van der Waals surface area contributed by atoms with E-state index in [1.165, 1.54) is 11.8 Å². The number of hydrogen-bond acceptors (Lipinski definition) is 5. The van der Waals surface area contributed by atoms with Gasteiger partial charge in [0.25, 0.3) is 0 Å². The normalized spacial score (nSPS) is 11.0. The highest BCUT2D eigenvalue weighted by molar-refractivity contribution is 8.14. The largest absolute Gasteiger partial charge is 0.507 e. The second kappa shape index (κ2) is 7.97. The van der Waals surface area contributed by atoms with E-state index in [0.717, 1.165) is 16.0 Å². The Morgan fingerprint density at radius 2 is 1.42 bits per heavy atom. The van der Waals surface area contributed by atoms with Gasteiger partial charge in [-0.15, -0.1) is 0 Å². The van der Waals surface area contributed by atoms with Crippen molar-refractivity contribution in [1.29, 1.82) is 0 Å². The highest BCUT2D eigenvalue weighted by atomic mass is 32.2. The summed E-state index contributed by atoms with van der Waals surface area (Å²) < 4.78 is 0. The molecule has 0 bridgehead atoms. The van der Waals surface area contributed by atoms with Crippen LogP contribution in [0.25, 0.3) is 0 Å². The van der Waals surface area contributed by atoms with E-state index in [4.69, 9.17) is 0 Å². The molecule has 3 rings (SSSR count). The molecule has 0 spiro atoms. The zero-order valence-corrected chi connectivity index (χ0v) is 15.3. The predicted octanol–water partition coefficient (Wildman–Crippen LogP) is 6.36. The molecule has 5 heteroatoms. The third-order valence-corrected chi connectivity index (χ3v) is 4.74. The van der Waals surface area contributed by atoms with Gasteiger partial charge >= 0.3 is 0 Å². The van der Waals surface area contributed by atoms with Crippen LogP contribution in [0.1, 0.15) is 21.5 Å². The van der Waals surface area contributed by atoms with E-state index in [0.29, 0.717) is 16.9 Å². The lowest BCUT2D eigenvalue weighted by molar-refractivity contribution is 0.108. The molecule has 3 aromatic carbocycles. The summed E-state index contributed by atoms with van der Waals surface area (Å²) in [5.41, 5.74) is 3.48. The molecule has 26 heavy (non-hydrogen) atoms. The standard InChI is InChI=1S/C21H18N2O2S/c1-14-12-18(13-15(2)20(14)24)23-22-17-10-8-16(9-11-17)21(25)26-19-6-4-3-5-7-19/h3-13,24H,1-2H3. The molecule has 0 aliphatic rings.